The maximum absolute atomic E-state index is 14.7. The second-order valence-electron chi connectivity index (χ2n) is 15.4. The summed E-state index contributed by atoms with van der Waals surface area (Å²) in [6, 6.07) is 18.8. The van der Waals surface area contributed by atoms with Crippen LogP contribution in [0.3, 0.4) is 0 Å². The van der Waals surface area contributed by atoms with E-state index in [1.807, 2.05) is 79.7 Å². The lowest BCUT2D eigenvalue weighted by molar-refractivity contribution is -0.137. The number of guanidine groups is 1. The molecule has 0 unspecified atom stereocenters. The molecule has 0 saturated carbocycles. The van der Waals surface area contributed by atoms with Crippen LogP contribution in [-0.4, -0.2) is 83.1 Å². The lowest BCUT2D eigenvalue weighted by Crippen LogP contribution is -2.65. The van der Waals surface area contributed by atoms with Gasteiger partial charge in [-0.25, -0.2) is 0 Å². The van der Waals surface area contributed by atoms with Gasteiger partial charge in [0.2, 0.25) is 35.4 Å². The van der Waals surface area contributed by atoms with Crippen LogP contribution in [0.1, 0.15) is 67.7 Å². The zero-order valence-corrected chi connectivity index (χ0v) is 35.8. The van der Waals surface area contributed by atoms with Crippen LogP contribution in [0.2, 0.25) is 0 Å². The molecule has 16 nitrogen and oxygen atoms in total. The minimum atomic E-state index is -1.36. The summed E-state index contributed by atoms with van der Waals surface area (Å²) in [4.78, 5) is 89.1. The molecule has 6 amide bonds. The first-order valence-electron chi connectivity index (χ1n) is 20.5. The van der Waals surface area contributed by atoms with Gasteiger partial charge in [-0.3, -0.25) is 33.8 Å². The molecule has 0 saturated heterocycles. The third-order valence-corrected chi connectivity index (χ3v) is 11.2. The molecule has 0 aliphatic heterocycles. The number of hydrogen-bond acceptors (Lipinski definition) is 7. The molecule has 0 fully saturated rings. The van der Waals surface area contributed by atoms with E-state index >= 15 is 0 Å². The number of carbonyl (C=O) groups excluding carboxylic acids is 6. The minimum absolute atomic E-state index is 0.0352. The summed E-state index contributed by atoms with van der Waals surface area (Å²) in [6.45, 7) is 1.66. The second-order valence-corrected chi connectivity index (χ2v) is 16.3. The molecule has 4 atom stereocenters. The molecular weight excluding hydrogens is 844 g/mol. The Labute approximate surface area is 363 Å². The van der Waals surface area contributed by atoms with E-state index in [-0.39, 0.29) is 56.9 Å². The van der Waals surface area contributed by atoms with E-state index in [1.165, 1.54) is 0 Å². The zero-order chi connectivity index (χ0) is 43.9. The van der Waals surface area contributed by atoms with Crippen LogP contribution in [0.15, 0.2) is 88.5 Å². The number of aliphatic imine (C=N–C) groups is 1. The average molecular weight is 900 g/mol. The van der Waals surface area contributed by atoms with Crippen LogP contribution in [-0.2, 0) is 54.5 Å². The number of primary amides is 1. The Morgan fingerprint density at radius 2 is 1.52 bits per heavy atom. The van der Waals surface area contributed by atoms with Crippen molar-refractivity contribution < 1.29 is 28.8 Å². The van der Waals surface area contributed by atoms with Crippen molar-refractivity contribution >= 4 is 68.2 Å². The monoisotopic (exact) mass is 898 g/mol. The molecule has 1 aromatic heterocycles. The highest BCUT2D eigenvalue weighted by molar-refractivity contribution is 9.10. The van der Waals surface area contributed by atoms with Gasteiger partial charge < -0.3 is 48.8 Å². The van der Waals surface area contributed by atoms with Gasteiger partial charge in [-0.15, -0.1) is 0 Å². The third kappa shape index (κ3) is 13.1. The van der Waals surface area contributed by atoms with Crippen molar-refractivity contribution in [2.75, 3.05) is 13.1 Å². The Morgan fingerprint density at radius 3 is 2.26 bits per heavy atom. The Kier molecular flexibility index (Phi) is 16.4. The molecule has 0 radical (unpaired) electrons. The summed E-state index contributed by atoms with van der Waals surface area (Å²) in [5.74, 6) is -3.74. The van der Waals surface area contributed by atoms with Crippen LogP contribution >= 0.6 is 15.9 Å². The summed E-state index contributed by atoms with van der Waals surface area (Å²) in [5, 5.41) is 15.0. The van der Waals surface area contributed by atoms with E-state index in [0.717, 1.165) is 44.1 Å². The van der Waals surface area contributed by atoms with Gasteiger partial charge in [-0.2, -0.15) is 0 Å². The largest absolute Gasteiger partial charge is 0.370 e. The fraction of sp³-hybridized carbons (Fsp3) is 0.386. The number of hydrogen-bond donors (Lipinski definition) is 9. The predicted molar refractivity (Wildman–Crippen MR) is 237 cm³/mol. The van der Waals surface area contributed by atoms with E-state index in [9.17, 15) is 28.8 Å². The normalized spacial score (nSPS) is 15.9. The van der Waals surface area contributed by atoms with Gasteiger partial charge in [0.25, 0.3) is 0 Å². The topological polar surface area (TPSA) is 269 Å². The number of aryl methyl sites for hydroxylation is 1. The molecular formula is C44H55BrN10O6. The standard InChI is InChI=1S/C44H55BrN10O6/c1-2-3-15-38(57)55-44(19-18-28-16-17-31(45)22-29(28)24-44)42(61)54-35(21-27-10-5-4-6-11-27)41(60)52-34(14-9-20-49-43(47)48)40(59)53-36(39(58)51-26-37(46)56)23-30-25-50-33-13-8-7-12-32(30)33/h4-8,10-13,16-17,22,25,34-36,50H,2-3,9,14-15,18-21,23-24,26H2,1H3,(H2,46,56)(H,51,58)(H,52,60)(H,53,59)(H,54,61)(H,55,57)(H4,47,48,49)/t34-,35+,36-,44+/m0/s1. The van der Waals surface area contributed by atoms with Crippen molar-refractivity contribution in [1.82, 2.24) is 31.6 Å². The van der Waals surface area contributed by atoms with Crippen molar-refractivity contribution in [3.8, 4) is 0 Å². The summed E-state index contributed by atoms with van der Waals surface area (Å²) >= 11 is 3.54. The van der Waals surface area contributed by atoms with Crippen molar-refractivity contribution in [2.24, 2.45) is 22.2 Å². The number of halogens is 1. The number of unbranched alkanes of at least 4 members (excludes halogenated alkanes) is 1. The first-order chi connectivity index (χ1) is 29.3. The van der Waals surface area contributed by atoms with Gasteiger partial charge in [0, 0.05) is 53.8 Å². The van der Waals surface area contributed by atoms with Gasteiger partial charge in [0.05, 0.1) is 6.54 Å². The van der Waals surface area contributed by atoms with E-state index in [4.69, 9.17) is 17.2 Å². The lowest BCUT2D eigenvalue weighted by atomic mass is 9.77. The van der Waals surface area contributed by atoms with Crippen molar-refractivity contribution in [2.45, 2.75) is 94.8 Å². The Balaban J connectivity index is 1.44. The Hall–Kier alpha value is -6.23. The average Bonchev–Trinajstić information content (AvgIpc) is 3.65. The SMILES string of the molecule is CCCCC(=O)N[C@]1(C(=O)N[C@H](Cc2ccccc2)C(=O)N[C@@H](CCCN=C(N)N)C(=O)N[C@@H](Cc2c[nH]c3ccccc23)C(=O)NCC(N)=O)CCc2ccc(Br)cc2C1. The number of benzene rings is 3. The molecule has 1 aliphatic rings. The van der Waals surface area contributed by atoms with Crippen molar-refractivity contribution in [3.63, 3.8) is 0 Å². The quantitative estimate of drug-likeness (QED) is 0.0339. The van der Waals surface area contributed by atoms with Crippen LogP contribution in [0.5, 0.6) is 0 Å². The van der Waals surface area contributed by atoms with E-state index < -0.39 is 59.7 Å². The molecule has 1 aliphatic carbocycles. The molecule has 17 heteroatoms. The molecule has 0 bridgehead atoms. The number of amides is 6. The number of carbonyl (C=O) groups is 6. The lowest BCUT2D eigenvalue weighted by Gasteiger charge is -2.39. The Morgan fingerprint density at radius 1 is 0.820 bits per heavy atom. The van der Waals surface area contributed by atoms with E-state index in [0.29, 0.717) is 19.3 Å². The molecule has 5 rings (SSSR count). The van der Waals surface area contributed by atoms with Gasteiger partial charge in [-0.1, -0.05) is 83.9 Å². The zero-order valence-electron chi connectivity index (χ0n) is 34.2. The second kappa shape index (κ2) is 21.9. The molecule has 4 aromatic rings. The number of aromatic nitrogens is 1. The first-order valence-corrected chi connectivity index (χ1v) is 21.3. The van der Waals surface area contributed by atoms with Crippen LogP contribution in [0.25, 0.3) is 10.9 Å². The van der Waals surface area contributed by atoms with E-state index in [2.05, 4.69) is 52.5 Å². The number of fused-ring (bicyclic) bond motifs is 2. The van der Waals surface area contributed by atoms with E-state index in [1.54, 1.807) is 6.20 Å². The first kappa shape index (κ1) is 45.8. The number of rotatable bonds is 21. The summed E-state index contributed by atoms with van der Waals surface area (Å²) in [5.41, 5.74) is 19.3. The fourth-order valence-corrected chi connectivity index (χ4v) is 7.90. The van der Waals surface area contributed by atoms with Gasteiger partial charge in [0.15, 0.2) is 5.96 Å². The van der Waals surface area contributed by atoms with Gasteiger partial charge in [-0.05, 0) is 72.6 Å². The minimum Gasteiger partial charge on any atom is -0.370 e. The molecule has 3 aromatic carbocycles. The highest BCUT2D eigenvalue weighted by atomic mass is 79.9. The van der Waals surface area contributed by atoms with Crippen molar-refractivity contribution in [1.29, 1.82) is 0 Å². The van der Waals surface area contributed by atoms with Crippen LogP contribution < -0.4 is 43.8 Å². The molecule has 61 heavy (non-hydrogen) atoms. The highest BCUT2D eigenvalue weighted by Gasteiger charge is 2.44. The third-order valence-electron chi connectivity index (χ3n) is 10.7. The van der Waals surface area contributed by atoms with Crippen molar-refractivity contribution in [3.05, 3.63) is 106 Å². The summed E-state index contributed by atoms with van der Waals surface area (Å²) in [6.07, 6.45) is 4.84. The number of aromatic amines is 1. The van der Waals surface area contributed by atoms with Crippen LogP contribution in [0.4, 0.5) is 0 Å². The number of nitrogens with two attached hydrogens (primary N) is 3. The van der Waals surface area contributed by atoms with Gasteiger partial charge >= 0.3 is 0 Å². The smallest absolute Gasteiger partial charge is 0.246 e. The predicted octanol–water partition coefficient (Wildman–Crippen LogP) is 2.06. The number of nitrogens with one attached hydrogen (secondary N) is 6. The molecule has 0 spiro atoms. The number of nitrogens with zero attached hydrogens (tertiary/aromatic N) is 1. The summed E-state index contributed by atoms with van der Waals surface area (Å²) < 4.78 is 0.833. The molecule has 12 N–H and O–H groups in total. The Bertz CT molecular complexity index is 2230. The number of para-hydroxylation sites is 1. The molecule has 324 valence electrons. The maximum Gasteiger partial charge on any atom is 0.246 e. The number of H-pyrrole nitrogens is 1. The van der Waals surface area contributed by atoms with Crippen LogP contribution in [0, 0.1) is 0 Å². The summed E-state index contributed by atoms with van der Waals surface area (Å²) in [7, 11) is 0. The highest BCUT2D eigenvalue weighted by Crippen LogP contribution is 2.32. The van der Waals surface area contributed by atoms with Gasteiger partial charge in [0.1, 0.15) is 23.7 Å². The fourth-order valence-electron chi connectivity index (χ4n) is 7.49. The molecule has 1 heterocycles. The maximum atomic E-state index is 14.7.